The number of aromatic nitrogens is 1. The van der Waals surface area contributed by atoms with Crippen molar-refractivity contribution < 1.29 is 4.42 Å². The van der Waals surface area contributed by atoms with Gasteiger partial charge in [0.2, 0.25) is 0 Å². The van der Waals surface area contributed by atoms with Gasteiger partial charge in [0.05, 0.1) is 11.2 Å². The first-order valence-electron chi connectivity index (χ1n) is 16.4. The Bertz CT molecular complexity index is 2830. The molecule has 0 aliphatic carbocycles. The topological polar surface area (TPSA) is 32.2 Å². The van der Waals surface area contributed by atoms with E-state index >= 15 is 0 Å². The molecule has 5 heteroatoms. The average molecular weight is 616 g/mol. The van der Waals surface area contributed by atoms with Crippen molar-refractivity contribution in [2.24, 2.45) is 0 Å². The van der Waals surface area contributed by atoms with Gasteiger partial charge in [-0.05, 0) is 56.4 Å². The Morgan fingerprint density at radius 1 is 0.638 bits per heavy atom. The normalized spacial score (nSPS) is 14.5. The van der Waals surface area contributed by atoms with Gasteiger partial charge in [-0.3, -0.25) is 0 Å². The fourth-order valence-corrected chi connectivity index (χ4v) is 11.6. The number of nitrogens with one attached hydrogen (secondary N) is 1. The maximum Gasteiger partial charge on any atom is 0.198 e. The molecule has 9 aromatic rings. The van der Waals surface area contributed by atoms with Gasteiger partial charge in [0.1, 0.15) is 13.7 Å². The first-order chi connectivity index (χ1) is 23.1. The Morgan fingerprint density at radius 3 is 2.34 bits per heavy atom. The van der Waals surface area contributed by atoms with E-state index in [0.29, 0.717) is 0 Å². The summed E-state index contributed by atoms with van der Waals surface area (Å²) in [6.45, 7) is 4.98. The minimum absolute atomic E-state index is 0.913. The molecule has 7 aromatic carbocycles. The minimum atomic E-state index is -1.96. The predicted octanol–water partition coefficient (Wildman–Crippen LogP) is 8.61. The largest absolute Gasteiger partial charge is 0.454 e. The summed E-state index contributed by atoms with van der Waals surface area (Å²) in [5.74, 6) is 0. The van der Waals surface area contributed by atoms with Crippen LogP contribution in [0.15, 0.2) is 132 Å². The van der Waals surface area contributed by atoms with Gasteiger partial charge in [0.15, 0.2) is 12.9 Å². The molecule has 0 fully saturated rings. The molecular formula is C42H28BN2OSi. The van der Waals surface area contributed by atoms with Gasteiger partial charge < -0.3 is 14.3 Å². The van der Waals surface area contributed by atoms with Crippen molar-refractivity contribution in [3.8, 4) is 11.1 Å². The molecule has 11 rings (SSSR count). The van der Waals surface area contributed by atoms with Crippen LogP contribution in [0, 0.1) is 0 Å². The maximum atomic E-state index is 6.85. The molecule has 0 saturated carbocycles. The lowest BCUT2D eigenvalue weighted by atomic mass is 9.58. The molecule has 0 bridgehead atoms. The van der Waals surface area contributed by atoms with Crippen molar-refractivity contribution >= 4 is 108 Å². The quantitative estimate of drug-likeness (QED) is 0.188. The molecular weight excluding hydrogens is 587 g/mol. The Hall–Kier alpha value is -5.52. The smallest absolute Gasteiger partial charge is 0.198 e. The molecule has 47 heavy (non-hydrogen) atoms. The fourth-order valence-electron chi connectivity index (χ4n) is 8.65. The monoisotopic (exact) mass is 615 g/mol. The van der Waals surface area contributed by atoms with Gasteiger partial charge in [-0.25, -0.2) is 0 Å². The van der Waals surface area contributed by atoms with Crippen molar-refractivity contribution in [2.75, 3.05) is 4.90 Å². The number of para-hydroxylation sites is 4. The Morgan fingerprint density at radius 2 is 1.40 bits per heavy atom. The molecule has 2 aliphatic rings. The standard InChI is InChI=1S/C42H28BN2OSi/c1-47(2)35-19-8-6-17-33(35)45-40-31(16-10-20-36(40)47)43-38-29(23-30-26-13-5-7-18-34(26)46-42(30)41(38)45)27-14-9-15-28-37-25-12-4-3-11-24(25)21-22-32(37)44-39(27)28/h3-23,44H,1-2H3. The Kier molecular flexibility index (Phi) is 4.83. The van der Waals surface area contributed by atoms with Crippen LogP contribution in [0.1, 0.15) is 0 Å². The highest BCUT2D eigenvalue weighted by Crippen LogP contribution is 2.47. The average Bonchev–Trinajstić information content (AvgIpc) is 3.68. The number of anilines is 3. The van der Waals surface area contributed by atoms with Gasteiger partial charge in [-0.2, -0.15) is 0 Å². The van der Waals surface area contributed by atoms with Crippen LogP contribution < -0.4 is 26.2 Å². The summed E-state index contributed by atoms with van der Waals surface area (Å²) in [7, 11) is 0.458. The Labute approximate surface area is 273 Å². The number of hydrogen-bond donors (Lipinski definition) is 1. The third kappa shape index (κ3) is 3.22. The van der Waals surface area contributed by atoms with E-state index < -0.39 is 8.07 Å². The van der Waals surface area contributed by atoms with E-state index in [0.717, 1.165) is 38.7 Å². The van der Waals surface area contributed by atoms with Crippen molar-refractivity contribution in [3.63, 3.8) is 0 Å². The fraction of sp³-hybridized carbons (Fsp3) is 0.0476. The summed E-state index contributed by atoms with van der Waals surface area (Å²) in [6.07, 6.45) is 0. The zero-order valence-electron chi connectivity index (χ0n) is 26.1. The van der Waals surface area contributed by atoms with E-state index in [1.165, 1.54) is 65.3 Å². The highest BCUT2D eigenvalue weighted by molar-refractivity contribution is 7.03. The molecule has 0 atom stereocenters. The van der Waals surface area contributed by atoms with Gasteiger partial charge >= 0.3 is 0 Å². The van der Waals surface area contributed by atoms with Crippen LogP contribution >= 0.6 is 0 Å². The zero-order valence-corrected chi connectivity index (χ0v) is 27.1. The molecule has 2 aromatic heterocycles. The molecule has 2 aliphatic heterocycles. The second kappa shape index (κ2) is 8.84. The molecule has 1 radical (unpaired) electrons. The molecule has 219 valence electrons. The van der Waals surface area contributed by atoms with Crippen molar-refractivity contribution in [1.29, 1.82) is 0 Å². The van der Waals surface area contributed by atoms with Crippen LogP contribution in [0.4, 0.5) is 17.1 Å². The van der Waals surface area contributed by atoms with Crippen LogP contribution in [-0.4, -0.2) is 20.3 Å². The zero-order chi connectivity index (χ0) is 31.0. The SMILES string of the molecule is C[Si]1(C)c2ccccc2N2c3c(cccc31)[B]c1c(-c3cccc4c3[nH]c3ccc5ccccc5c34)cc3c(oc4ccccc43)c12. The summed E-state index contributed by atoms with van der Waals surface area (Å²) < 4.78 is 6.85. The molecule has 3 nitrogen and oxygen atoms in total. The Balaban J connectivity index is 1.30. The van der Waals surface area contributed by atoms with E-state index in [-0.39, 0.29) is 0 Å². The lowest BCUT2D eigenvalue weighted by Gasteiger charge is -2.45. The third-order valence-corrected chi connectivity index (χ3v) is 14.3. The summed E-state index contributed by atoms with van der Waals surface area (Å²) in [4.78, 5) is 6.40. The summed E-state index contributed by atoms with van der Waals surface area (Å²) >= 11 is 0. The highest BCUT2D eigenvalue weighted by atomic mass is 28.3. The first-order valence-corrected chi connectivity index (χ1v) is 19.4. The van der Waals surface area contributed by atoms with Crippen LogP contribution in [-0.2, 0) is 0 Å². The predicted molar refractivity (Wildman–Crippen MR) is 202 cm³/mol. The summed E-state index contributed by atoms with van der Waals surface area (Å²) in [5.41, 5.74) is 12.7. The van der Waals surface area contributed by atoms with E-state index in [1.807, 2.05) is 0 Å². The number of benzene rings is 7. The van der Waals surface area contributed by atoms with E-state index in [1.54, 1.807) is 0 Å². The van der Waals surface area contributed by atoms with Crippen LogP contribution in [0.3, 0.4) is 0 Å². The van der Waals surface area contributed by atoms with Crippen molar-refractivity contribution in [3.05, 3.63) is 127 Å². The number of nitrogens with zero attached hydrogens (tertiary/aromatic N) is 1. The maximum absolute atomic E-state index is 6.85. The minimum Gasteiger partial charge on any atom is -0.454 e. The van der Waals surface area contributed by atoms with Gasteiger partial charge in [-0.1, -0.05) is 122 Å². The number of fused-ring (bicyclic) bond motifs is 13. The summed E-state index contributed by atoms with van der Waals surface area (Å²) in [5, 5.41) is 10.3. The highest BCUT2D eigenvalue weighted by Gasteiger charge is 2.43. The number of aromatic amines is 1. The van der Waals surface area contributed by atoms with E-state index in [2.05, 4.69) is 158 Å². The lowest BCUT2D eigenvalue weighted by Crippen LogP contribution is -2.62. The van der Waals surface area contributed by atoms with Crippen molar-refractivity contribution in [2.45, 2.75) is 13.1 Å². The van der Waals surface area contributed by atoms with Crippen LogP contribution in [0.2, 0.25) is 13.1 Å². The second-order valence-corrected chi connectivity index (χ2v) is 17.9. The molecule has 0 spiro atoms. The van der Waals surface area contributed by atoms with E-state index in [9.17, 15) is 0 Å². The summed E-state index contributed by atoms with van der Waals surface area (Å²) in [6, 6.07) is 46.7. The van der Waals surface area contributed by atoms with Crippen LogP contribution in [0.25, 0.3) is 65.6 Å². The molecule has 1 N–H and O–H groups in total. The van der Waals surface area contributed by atoms with E-state index in [4.69, 9.17) is 4.42 Å². The van der Waals surface area contributed by atoms with Crippen molar-refractivity contribution in [1.82, 2.24) is 4.98 Å². The van der Waals surface area contributed by atoms with Gasteiger partial charge in [0, 0.05) is 44.0 Å². The van der Waals surface area contributed by atoms with Crippen LogP contribution in [0.5, 0.6) is 0 Å². The number of furan rings is 1. The molecule has 0 amide bonds. The second-order valence-electron chi connectivity index (χ2n) is 13.6. The van der Waals surface area contributed by atoms with Gasteiger partial charge in [-0.15, -0.1) is 0 Å². The number of rotatable bonds is 1. The molecule has 0 unspecified atom stereocenters. The van der Waals surface area contributed by atoms with Gasteiger partial charge in [0.25, 0.3) is 0 Å². The molecule has 0 saturated heterocycles. The lowest BCUT2D eigenvalue weighted by molar-refractivity contribution is 0.669. The number of H-pyrrole nitrogens is 1. The third-order valence-electron chi connectivity index (χ3n) is 10.8. The molecule has 4 heterocycles. The first kappa shape index (κ1) is 25.6. The number of hydrogen-bond acceptors (Lipinski definition) is 2.